The van der Waals surface area contributed by atoms with Crippen LogP contribution in [0.25, 0.3) is 0 Å². The second-order valence-corrected chi connectivity index (χ2v) is 2.88. The Balaban J connectivity index is 3.70. The first kappa shape index (κ1) is 10.2. The van der Waals surface area contributed by atoms with Gasteiger partial charge in [-0.15, -0.1) is 0 Å². The average molecular weight is 150 g/mol. The molecule has 0 N–H and O–H groups in total. The highest BCUT2D eigenvalue weighted by Crippen LogP contribution is 2.10. The van der Waals surface area contributed by atoms with Crippen molar-refractivity contribution in [1.29, 1.82) is 0 Å². The summed E-state index contributed by atoms with van der Waals surface area (Å²) in [5, 5.41) is 0. The third-order valence-electron chi connectivity index (χ3n) is 1.81. The molecule has 0 saturated heterocycles. The van der Waals surface area contributed by atoms with Crippen molar-refractivity contribution in [3.8, 4) is 0 Å². The summed E-state index contributed by atoms with van der Waals surface area (Å²) in [6.07, 6.45) is 8.42. The molecule has 0 aliphatic heterocycles. The van der Waals surface area contributed by atoms with E-state index in [0.29, 0.717) is 0 Å². The van der Waals surface area contributed by atoms with E-state index in [1.165, 1.54) is 17.6 Å². The van der Waals surface area contributed by atoms with Gasteiger partial charge in [-0.2, -0.15) is 0 Å². The lowest BCUT2D eigenvalue weighted by Crippen LogP contribution is -1.79. The fourth-order valence-corrected chi connectivity index (χ4v) is 0.823. The molecule has 0 spiro atoms. The van der Waals surface area contributed by atoms with E-state index in [1.54, 1.807) is 0 Å². The minimum absolute atomic E-state index is 1.15. The molecule has 0 aliphatic carbocycles. The minimum atomic E-state index is 1.15. The van der Waals surface area contributed by atoms with Gasteiger partial charge in [-0.05, 0) is 33.6 Å². The molecule has 0 aromatic rings. The van der Waals surface area contributed by atoms with Crippen LogP contribution in [0.15, 0.2) is 36.0 Å². The Kier molecular flexibility index (Phi) is 5.54. The van der Waals surface area contributed by atoms with E-state index in [0.717, 1.165) is 6.42 Å². The fourth-order valence-electron chi connectivity index (χ4n) is 0.823. The lowest BCUT2D eigenvalue weighted by atomic mass is 10.1. The van der Waals surface area contributed by atoms with Crippen LogP contribution in [0, 0.1) is 0 Å². The molecule has 0 heteroatoms. The Morgan fingerprint density at radius 1 is 1.18 bits per heavy atom. The molecule has 0 heterocycles. The van der Waals surface area contributed by atoms with E-state index < -0.39 is 0 Å². The SMILES string of the molecule is C=C/C=C(\C)CC/C(C)=C/C. The summed E-state index contributed by atoms with van der Waals surface area (Å²) in [7, 11) is 0. The smallest absolute Gasteiger partial charge is 0.0283 e. The van der Waals surface area contributed by atoms with Gasteiger partial charge in [0.2, 0.25) is 0 Å². The van der Waals surface area contributed by atoms with E-state index >= 15 is 0 Å². The first-order valence-corrected chi connectivity index (χ1v) is 4.10. The van der Waals surface area contributed by atoms with Crippen LogP contribution in [0.2, 0.25) is 0 Å². The molecular formula is C11H18. The zero-order chi connectivity index (χ0) is 8.69. The lowest BCUT2D eigenvalue weighted by Gasteiger charge is -1.99. The maximum atomic E-state index is 3.66. The van der Waals surface area contributed by atoms with Crippen molar-refractivity contribution in [3.63, 3.8) is 0 Å². The van der Waals surface area contributed by atoms with Gasteiger partial charge in [0.15, 0.2) is 0 Å². The highest BCUT2D eigenvalue weighted by Gasteiger charge is 1.89. The van der Waals surface area contributed by atoms with E-state index in [9.17, 15) is 0 Å². The highest BCUT2D eigenvalue weighted by atomic mass is 14.0. The summed E-state index contributed by atoms with van der Waals surface area (Å²) in [5.41, 5.74) is 2.86. The predicted octanol–water partition coefficient (Wildman–Crippen LogP) is 3.87. The largest absolute Gasteiger partial charge is 0.0991 e. The molecule has 0 saturated carbocycles. The van der Waals surface area contributed by atoms with Crippen molar-refractivity contribution < 1.29 is 0 Å². The Hall–Kier alpha value is -0.780. The second-order valence-electron chi connectivity index (χ2n) is 2.88. The van der Waals surface area contributed by atoms with E-state index in [4.69, 9.17) is 0 Å². The van der Waals surface area contributed by atoms with Crippen LogP contribution in [-0.2, 0) is 0 Å². The minimum Gasteiger partial charge on any atom is -0.0991 e. The molecule has 11 heavy (non-hydrogen) atoms. The van der Waals surface area contributed by atoms with Gasteiger partial charge >= 0.3 is 0 Å². The van der Waals surface area contributed by atoms with E-state index in [1.807, 2.05) is 6.08 Å². The molecule has 0 aromatic carbocycles. The average Bonchev–Trinajstić information content (AvgIpc) is 2.01. The molecule has 62 valence electrons. The van der Waals surface area contributed by atoms with Gasteiger partial charge in [-0.25, -0.2) is 0 Å². The third-order valence-corrected chi connectivity index (χ3v) is 1.81. The summed E-state index contributed by atoms with van der Waals surface area (Å²) >= 11 is 0. The van der Waals surface area contributed by atoms with Crippen molar-refractivity contribution in [3.05, 3.63) is 36.0 Å². The van der Waals surface area contributed by atoms with Crippen molar-refractivity contribution in [1.82, 2.24) is 0 Å². The van der Waals surface area contributed by atoms with E-state index in [-0.39, 0.29) is 0 Å². The highest BCUT2D eigenvalue weighted by molar-refractivity contribution is 5.10. The maximum Gasteiger partial charge on any atom is -0.0283 e. The monoisotopic (exact) mass is 150 g/mol. The van der Waals surface area contributed by atoms with Crippen LogP contribution in [0.5, 0.6) is 0 Å². The molecule has 0 fully saturated rings. The molecule has 0 aliphatic rings. The van der Waals surface area contributed by atoms with Crippen LogP contribution >= 0.6 is 0 Å². The van der Waals surface area contributed by atoms with Gasteiger partial charge < -0.3 is 0 Å². The number of hydrogen-bond donors (Lipinski definition) is 0. The normalized spacial score (nSPS) is 13.4. The first-order chi connectivity index (χ1) is 5.20. The van der Waals surface area contributed by atoms with Crippen molar-refractivity contribution >= 4 is 0 Å². The molecule has 0 nitrogen and oxygen atoms in total. The number of rotatable bonds is 4. The maximum absolute atomic E-state index is 3.66. The number of allylic oxidation sites excluding steroid dienone is 5. The molecule has 0 amide bonds. The van der Waals surface area contributed by atoms with Crippen molar-refractivity contribution in [2.75, 3.05) is 0 Å². The third kappa shape index (κ3) is 5.65. The second kappa shape index (κ2) is 5.96. The molecule has 0 bridgehead atoms. The first-order valence-electron chi connectivity index (χ1n) is 4.10. The molecule has 0 atom stereocenters. The molecule has 0 aromatic heterocycles. The molecule has 0 radical (unpaired) electrons. The van der Waals surface area contributed by atoms with Gasteiger partial charge in [-0.3, -0.25) is 0 Å². The summed E-state index contributed by atoms with van der Waals surface area (Å²) in [5.74, 6) is 0. The molecule has 0 rings (SSSR count). The zero-order valence-corrected chi connectivity index (χ0v) is 7.85. The van der Waals surface area contributed by atoms with Crippen LogP contribution in [-0.4, -0.2) is 0 Å². The number of hydrogen-bond acceptors (Lipinski definition) is 0. The van der Waals surface area contributed by atoms with Gasteiger partial charge in [0.05, 0.1) is 0 Å². The van der Waals surface area contributed by atoms with Gasteiger partial charge in [0, 0.05) is 0 Å². The van der Waals surface area contributed by atoms with Crippen LogP contribution in [0.4, 0.5) is 0 Å². The standard InChI is InChI=1S/C11H18/c1-5-7-11(4)9-8-10(3)6-2/h5-7H,1,8-9H2,2-4H3/b10-6+,11-7+. The van der Waals surface area contributed by atoms with Crippen molar-refractivity contribution in [2.45, 2.75) is 33.6 Å². The van der Waals surface area contributed by atoms with Crippen LogP contribution < -0.4 is 0 Å². The van der Waals surface area contributed by atoms with Gasteiger partial charge in [-0.1, -0.05) is 36.0 Å². The Morgan fingerprint density at radius 2 is 1.73 bits per heavy atom. The fraction of sp³-hybridized carbons (Fsp3) is 0.455. The Morgan fingerprint density at radius 3 is 2.18 bits per heavy atom. The van der Waals surface area contributed by atoms with Gasteiger partial charge in [0.1, 0.15) is 0 Å². The summed E-state index contributed by atoms with van der Waals surface area (Å²) in [6, 6.07) is 0. The summed E-state index contributed by atoms with van der Waals surface area (Å²) in [4.78, 5) is 0. The molecular weight excluding hydrogens is 132 g/mol. The summed E-state index contributed by atoms with van der Waals surface area (Å²) in [6.45, 7) is 10.1. The van der Waals surface area contributed by atoms with E-state index in [2.05, 4.69) is 39.5 Å². The Bertz CT molecular complexity index is 170. The lowest BCUT2D eigenvalue weighted by molar-refractivity contribution is 0.922. The Labute approximate surface area is 70.3 Å². The predicted molar refractivity (Wildman–Crippen MR) is 52.6 cm³/mol. The summed E-state index contributed by atoms with van der Waals surface area (Å²) < 4.78 is 0. The van der Waals surface area contributed by atoms with Crippen LogP contribution in [0.3, 0.4) is 0 Å². The quantitative estimate of drug-likeness (QED) is 0.421. The topological polar surface area (TPSA) is 0 Å². The molecule has 0 unspecified atom stereocenters. The van der Waals surface area contributed by atoms with Crippen molar-refractivity contribution in [2.24, 2.45) is 0 Å². The zero-order valence-electron chi connectivity index (χ0n) is 7.85. The van der Waals surface area contributed by atoms with Gasteiger partial charge in [0.25, 0.3) is 0 Å². The van der Waals surface area contributed by atoms with Crippen LogP contribution in [0.1, 0.15) is 33.6 Å².